The third-order valence-electron chi connectivity index (χ3n) is 1.29. The molecule has 0 aromatic heterocycles. The minimum absolute atomic E-state index is 1.08. The van der Waals surface area contributed by atoms with Crippen LogP contribution in [0.2, 0.25) is 0 Å². The second-order valence-electron chi connectivity index (χ2n) is 2.17. The van der Waals surface area contributed by atoms with Crippen molar-refractivity contribution in [1.29, 1.82) is 0 Å². The molecule has 0 aliphatic heterocycles. The van der Waals surface area contributed by atoms with Crippen molar-refractivity contribution in [3.63, 3.8) is 0 Å². The van der Waals surface area contributed by atoms with Gasteiger partial charge >= 0.3 is 11.9 Å². The van der Waals surface area contributed by atoms with Gasteiger partial charge in [-0.05, 0) is 13.8 Å². The monoisotopic (exact) mass is 160 g/mol. The Hall–Kier alpha value is -1.10. The van der Waals surface area contributed by atoms with Crippen LogP contribution in [0.3, 0.4) is 0 Å². The van der Waals surface area contributed by atoms with Crippen molar-refractivity contribution >= 4 is 11.9 Å². The highest BCUT2D eigenvalue weighted by Crippen LogP contribution is 2.04. The maximum Gasteiger partial charge on any atom is 0.335 e. The molecule has 0 rings (SSSR count). The summed E-state index contributed by atoms with van der Waals surface area (Å²) < 4.78 is 0. The number of aliphatic carboxylic acids is 2. The molecule has 0 saturated heterocycles. The molecule has 0 unspecified atom stereocenters. The Labute approximate surface area is 64.0 Å². The van der Waals surface area contributed by atoms with Gasteiger partial charge in [-0.15, -0.1) is 0 Å². The van der Waals surface area contributed by atoms with Gasteiger partial charge in [0, 0.05) is 6.54 Å². The molecule has 0 fully saturated rings. The van der Waals surface area contributed by atoms with Crippen molar-refractivity contribution in [2.24, 2.45) is 0 Å². The van der Waals surface area contributed by atoms with Gasteiger partial charge in [-0.1, -0.05) is 0 Å². The Morgan fingerprint density at radius 1 is 1.36 bits per heavy atom. The molecule has 0 aliphatic carbocycles. The fourth-order valence-electron chi connectivity index (χ4n) is 0.504. The molecule has 0 atom stereocenters. The molecule has 0 spiro atoms. The zero-order valence-electron chi connectivity index (χ0n) is 6.29. The first-order valence-corrected chi connectivity index (χ1v) is 2.97. The molecule has 0 saturated carbocycles. The molecule has 11 heavy (non-hydrogen) atoms. The Morgan fingerprint density at radius 3 is 1.82 bits per heavy atom. The fourth-order valence-corrected chi connectivity index (χ4v) is 0.504. The highest BCUT2D eigenvalue weighted by molar-refractivity contribution is 6.02. The van der Waals surface area contributed by atoms with Crippen molar-refractivity contribution < 1.29 is 19.8 Å². The van der Waals surface area contributed by atoms with Crippen LogP contribution in [0.1, 0.15) is 13.8 Å². The van der Waals surface area contributed by atoms with E-state index in [2.05, 4.69) is 5.32 Å². The number of hydrogen-bond donors (Lipinski definition) is 3. The topological polar surface area (TPSA) is 86.6 Å². The van der Waals surface area contributed by atoms with Gasteiger partial charge in [0.2, 0.25) is 5.54 Å². The molecule has 3 N–H and O–H groups in total. The lowest BCUT2D eigenvalue weighted by Gasteiger charge is -2.19. The van der Waals surface area contributed by atoms with Crippen molar-refractivity contribution in [2.75, 3.05) is 0 Å². The quantitative estimate of drug-likeness (QED) is 0.491. The number of carboxylic acid groups (broad SMARTS) is 2. The van der Waals surface area contributed by atoms with Gasteiger partial charge in [0.1, 0.15) is 0 Å². The smallest absolute Gasteiger partial charge is 0.335 e. The standard InChI is InChI=1S/C6H10NO4/c1-3-7-6(2,4(8)9)5(10)11/h3,7H,1-2H3,(H,8,9)(H,10,11). The molecule has 0 aromatic carbocycles. The minimum atomic E-state index is -1.92. The van der Waals surface area contributed by atoms with E-state index in [9.17, 15) is 9.59 Å². The first kappa shape index (κ1) is 9.90. The van der Waals surface area contributed by atoms with Crippen LogP contribution < -0.4 is 5.32 Å². The maximum atomic E-state index is 10.4. The fraction of sp³-hybridized carbons (Fsp3) is 0.500. The minimum Gasteiger partial charge on any atom is -0.479 e. The largest absolute Gasteiger partial charge is 0.479 e. The van der Waals surface area contributed by atoms with E-state index in [0.717, 1.165) is 6.92 Å². The summed E-state index contributed by atoms with van der Waals surface area (Å²) in [6.07, 6.45) is 0. The molecule has 0 bridgehead atoms. The van der Waals surface area contributed by atoms with Crippen LogP contribution >= 0.6 is 0 Å². The second kappa shape index (κ2) is 3.34. The van der Waals surface area contributed by atoms with E-state index in [1.54, 1.807) is 0 Å². The summed E-state index contributed by atoms with van der Waals surface area (Å²) in [4.78, 5) is 20.8. The van der Waals surface area contributed by atoms with E-state index in [-0.39, 0.29) is 0 Å². The lowest BCUT2D eigenvalue weighted by Crippen LogP contribution is -2.54. The molecular weight excluding hydrogens is 150 g/mol. The lowest BCUT2D eigenvalue weighted by atomic mass is 10.0. The number of rotatable bonds is 4. The van der Waals surface area contributed by atoms with Gasteiger partial charge in [0.05, 0.1) is 0 Å². The molecule has 5 nitrogen and oxygen atoms in total. The van der Waals surface area contributed by atoms with E-state index in [0.29, 0.717) is 0 Å². The van der Waals surface area contributed by atoms with Crippen molar-refractivity contribution in [2.45, 2.75) is 19.4 Å². The summed E-state index contributed by atoms with van der Waals surface area (Å²) in [6, 6.07) is 0. The van der Waals surface area contributed by atoms with Crippen LogP contribution in [-0.2, 0) is 9.59 Å². The van der Waals surface area contributed by atoms with Crippen LogP contribution in [0.4, 0.5) is 0 Å². The van der Waals surface area contributed by atoms with Crippen molar-refractivity contribution in [3.8, 4) is 0 Å². The molecule has 63 valence electrons. The number of nitrogens with one attached hydrogen (secondary N) is 1. The Kier molecular flexibility index (Phi) is 3.00. The summed E-state index contributed by atoms with van der Waals surface area (Å²) in [5.74, 6) is -2.83. The molecule has 5 heteroatoms. The van der Waals surface area contributed by atoms with E-state index in [1.807, 2.05) is 0 Å². The second-order valence-corrected chi connectivity index (χ2v) is 2.17. The van der Waals surface area contributed by atoms with E-state index < -0.39 is 17.5 Å². The summed E-state index contributed by atoms with van der Waals surface area (Å²) in [6.45, 7) is 3.88. The predicted octanol–water partition coefficient (Wildman–Crippen LogP) is -0.314. The number of carboxylic acids is 2. The van der Waals surface area contributed by atoms with Gasteiger partial charge in [-0.3, -0.25) is 5.32 Å². The average Bonchev–Trinajstić information content (AvgIpc) is 1.87. The predicted molar refractivity (Wildman–Crippen MR) is 36.8 cm³/mol. The van der Waals surface area contributed by atoms with Gasteiger partial charge < -0.3 is 10.2 Å². The van der Waals surface area contributed by atoms with Crippen LogP contribution in [-0.4, -0.2) is 27.7 Å². The van der Waals surface area contributed by atoms with Crippen LogP contribution in [0.5, 0.6) is 0 Å². The molecule has 0 amide bonds. The molecular formula is C6H10NO4. The lowest BCUT2D eigenvalue weighted by molar-refractivity contribution is -0.157. The summed E-state index contributed by atoms with van der Waals surface area (Å²) in [5.41, 5.74) is -1.92. The molecule has 0 aliphatic rings. The maximum absolute atomic E-state index is 10.4. The Morgan fingerprint density at radius 2 is 1.73 bits per heavy atom. The van der Waals surface area contributed by atoms with E-state index >= 15 is 0 Å². The number of hydrogen-bond acceptors (Lipinski definition) is 3. The molecule has 0 heterocycles. The summed E-state index contributed by atoms with van der Waals surface area (Å²) in [5, 5.41) is 19.2. The van der Waals surface area contributed by atoms with Crippen molar-refractivity contribution in [3.05, 3.63) is 6.54 Å². The van der Waals surface area contributed by atoms with Gasteiger partial charge in [-0.2, -0.15) is 0 Å². The SMILES string of the molecule is C[CH]NC(C)(C(=O)O)C(=O)O. The third kappa shape index (κ3) is 1.91. The zero-order chi connectivity index (χ0) is 9.07. The molecule has 1 radical (unpaired) electrons. The normalized spacial score (nSPS) is 11.1. The first-order chi connectivity index (χ1) is 4.95. The van der Waals surface area contributed by atoms with Gasteiger partial charge in [0.25, 0.3) is 0 Å². The average molecular weight is 160 g/mol. The zero-order valence-corrected chi connectivity index (χ0v) is 6.29. The van der Waals surface area contributed by atoms with Crippen LogP contribution in [0.25, 0.3) is 0 Å². The van der Waals surface area contributed by atoms with Crippen LogP contribution in [0, 0.1) is 6.54 Å². The van der Waals surface area contributed by atoms with E-state index in [4.69, 9.17) is 10.2 Å². The van der Waals surface area contributed by atoms with Gasteiger partial charge in [0.15, 0.2) is 0 Å². The Balaban J connectivity index is 4.52. The Bertz CT molecular complexity index is 163. The highest BCUT2D eigenvalue weighted by Gasteiger charge is 2.40. The van der Waals surface area contributed by atoms with Crippen molar-refractivity contribution in [1.82, 2.24) is 5.32 Å². The summed E-state index contributed by atoms with van der Waals surface area (Å²) in [7, 11) is 0. The third-order valence-corrected chi connectivity index (χ3v) is 1.29. The molecule has 0 aromatic rings. The van der Waals surface area contributed by atoms with Crippen LogP contribution in [0.15, 0.2) is 0 Å². The highest BCUT2D eigenvalue weighted by atomic mass is 16.4. The van der Waals surface area contributed by atoms with Gasteiger partial charge in [-0.25, -0.2) is 9.59 Å². The first-order valence-electron chi connectivity index (χ1n) is 2.97. The summed E-state index contributed by atoms with van der Waals surface area (Å²) >= 11 is 0. The number of carbonyl (C=O) groups is 2. The van der Waals surface area contributed by atoms with E-state index in [1.165, 1.54) is 13.5 Å².